The van der Waals surface area contributed by atoms with E-state index >= 15 is 0 Å². The average Bonchev–Trinajstić information content (AvgIpc) is 2.32. The molecule has 1 unspecified atom stereocenters. The number of hydrogen-bond acceptors (Lipinski definition) is 2. The molecule has 0 spiro atoms. The Morgan fingerprint density at radius 3 is 2.06 bits per heavy atom. The number of aliphatic carboxylic acids is 1. The number of carbonyl (C=O) groups is 1. The van der Waals surface area contributed by atoms with Crippen LogP contribution in [0, 0.1) is 29.1 Å². The molecule has 0 aromatic carbocycles. The summed E-state index contributed by atoms with van der Waals surface area (Å²) >= 11 is 0. The van der Waals surface area contributed by atoms with E-state index in [1.807, 2.05) is 0 Å². The Balaban J connectivity index is 1.98. The van der Waals surface area contributed by atoms with Crippen LogP contribution < -0.4 is 0 Å². The fourth-order valence-corrected chi connectivity index (χ4v) is 5.80. The first kappa shape index (κ1) is 12.5. The van der Waals surface area contributed by atoms with Crippen LogP contribution in [0.2, 0.25) is 0 Å². The van der Waals surface area contributed by atoms with E-state index in [0.717, 1.165) is 18.3 Å². The van der Waals surface area contributed by atoms with Crippen LogP contribution in [0.15, 0.2) is 0 Å². The lowest BCUT2D eigenvalue weighted by Crippen LogP contribution is -2.60. The first-order valence-electron chi connectivity index (χ1n) is 7.37. The van der Waals surface area contributed by atoms with E-state index in [1.54, 1.807) is 7.11 Å². The van der Waals surface area contributed by atoms with Gasteiger partial charge >= 0.3 is 5.97 Å². The minimum Gasteiger partial charge on any atom is -0.479 e. The molecule has 4 aliphatic carbocycles. The Labute approximate surface area is 109 Å². The van der Waals surface area contributed by atoms with Gasteiger partial charge in [-0.2, -0.15) is 0 Å². The van der Waals surface area contributed by atoms with E-state index < -0.39 is 12.1 Å². The highest BCUT2D eigenvalue weighted by atomic mass is 16.5. The molecule has 4 fully saturated rings. The number of rotatable bonds is 4. The fraction of sp³-hybridized carbons (Fsp3) is 0.933. The van der Waals surface area contributed by atoms with Crippen molar-refractivity contribution < 1.29 is 14.6 Å². The van der Waals surface area contributed by atoms with Crippen LogP contribution in [0.4, 0.5) is 0 Å². The van der Waals surface area contributed by atoms with E-state index in [4.69, 9.17) is 4.74 Å². The summed E-state index contributed by atoms with van der Waals surface area (Å²) in [6.07, 6.45) is 6.73. The van der Waals surface area contributed by atoms with Gasteiger partial charge in [0.2, 0.25) is 0 Å². The fourth-order valence-electron chi connectivity index (χ4n) is 5.80. The van der Waals surface area contributed by atoms with Crippen LogP contribution in [-0.4, -0.2) is 24.3 Å². The van der Waals surface area contributed by atoms with Crippen molar-refractivity contribution in [3.05, 3.63) is 0 Å². The standard InChI is InChI=1S/C15H24O3/c1-3-15(13(18-2)14(16)17)11-5-9-4-10(7-11)8-12(15)6-9/h9-13H,3-8H2,1-2H3,(H,16,17). The van der Waals surface area contributed by atoms with Crippen molar-refractivity contribution >= 4 is 5.97 Å². The van der Waals surface area contributed by atoms with Crippen LogP contribution >= 0.6 is 0 Å². The monoisotopic (exact) mass is 252 g/mol. The number of methoxy groups -OCH3 is 1. The van der Waals surface area contributed by atoms with Gasteiger partial charge in [0.25, 0.3) is 0 Å². The Morgan fingerprint density at radius 1 is 1.22 bits per heavy atom. The first-order chi connectivity index (χ1) is 8.61. The van der Waals surface area contributed by atoms with Gasteiger partial charge in [-0.3, -0.25) is 0 Å². The molecule has 4 bridgehead atoms. The maximum Gasteiger partial charge on any atom is 0.333 e. The lowest BCUT2D eigenvalue weighted by Gasteiger charge is -2.62. The molecule has 0 aliphatic heterocycles. The topological polar surface area (TPSA) is 46.5 Å². The summed E-state index contributed by atoms with van der Waals surface area (Å²) in [5, 5.41) is 9.53. The molecule has 1 N–H and O–H groups in total. The summed E-state index contributed by atoms with van der Waals surface area (Å²) in [6, 6.07) is 0. The number of ether oxygens (including phenoxy) is 1. The number of hydrogen-bond donors (Lipinski definition) is 1. The van der Waals surface area contributed by atoms with Crippen molar-refractivity contribution in [2.45, 2.75) is 51.6 Å². The van der Waals surface area contributed by atoms with Crippen molar-refractivity contribution in [3.8, 4) is 0 Å². The molecule has 4 aliphatic rings. The molecule has 102 valence electrons. The molecule has 18 heavy (non-hydrogen) atoms. The van der Waals surface area contributed by atoms with E-state index in [0.29, 0.717) is 11.8 Å². The molecule has 0 aromatic heterocycles. The lowest BCUT2D eigenvalue weighted by atomic mass is 9.43. The third-order valence-corrected chi connectivity index (χ3v) is 6.22. The molecule has 0 saturated heterocycles. The van der Waals surface area contributed by atoms with E-state index in [1.165, 1.54) is 32.1 Å². The van der Waals surface area contributed by atoms with E-state index in [-0.39, 0.29) is 5.41 Å². The highest BCUT2D eigenvalue weighted by Gasteiger charge is 2.61. The van der Waals surface area contributed by atoms with Gasteiger partial charge in [-0.15, -0.1) is 0 Å². The maximum absolute atomic E-state index is 11.6. The average molecular weight is 252 g/mol. The third kappa shape index (κ3) is 1.49. The van der Waals surface area contributed by atoms with Gasteiger partial charge < -0.3 is 9.84 Å². The largest absolute Gasteiger partial charge is 0.479 e. The van der Waals surface area contributed by atoms with Gasteiger partial charge in [-0.05, 0) is 62.2 Å². The van der Waals surface area contributed by atoms with Crippen LogP contribution in [0.3, 0.4) is 0 Å². The Morgan fingerprint density at radius 2 is 1.72 bits per heavy atom. The zero-order chi connectivity index (χ0) is 12.9. The van der Waals surface area contributed by atoms with Crippen LogP contribution in [0.1, 0.15) is 45.4 Å². The highest BCUT2D eigenvalue weighted by molar-refractivity contribution is 5.73. The minimum atomic E-state index is -0.758. The summed E-state index contributed by atoms with van der Waals surface area (Å²) < 4.78 is 5.43. The van der Waals surface area contributed by atoms with Crippen LogP contribution in [-0.2, 0) is 9.53 Å². The Bertz CT molecular complexity index is 322. The summed E-state index contributed by atoms with van der Waals surface area (Å²) in [7, 11) is 1.57. The molecule has 4 rings (SSSR count). The lowest BCUT2D eigenvalue weighted by molar-refractivity contribution is -0.196. The van der Waals surface area contributed by atoms with Gasteiger partial charge in [0.1, 0.15) is 0 Å². The van der Waals surface area contributed by atoms with Crippen molar-refractivity contribution in [2.24, 2.45) is 29.1 Å². The van der Waals surface area contributed by atoms with Gasteiger partial charge in [-0.25, -0.2) is 4.79 Å². The van der Waals surface area contributed by atoms with E-state index in [9.17, 15) is 9.90 Å². The van der Waals surface area contributed by atoms with Crippen molar-refractivity contribution in [3.63, 3.8) is 0 Å². The highest BCUT2D eigenvalue weighted by Crippen LogP contribution is 2.65. The van der Waals surface area contributed by atoms with E-state index in [2.05, 4.69) is 6.92 Å². The minimum absolute atomic E-state index is 0.0893. The second kappa shape index (κ2) is 4.22. The second-order valence-electron chi connectivity index (χ2n) is 6.72. The third-order valence-electron chi connectivity index (χ3n) is 6.22. The van der Waals surface area contributed by atoms with Gasteiger partial charge in [0, 0.05) is 12.5 Å². The molecular formula is C15H24O3. The van der Waals surface area contributed by atoms with Gasteiger partial charge in [0.05, 0.1) is 0 Å². The van der Waals surface area contributed by atoms with Crippen molar-refractivity contribution in [1.82, 2.24) is 0 Å². The molecule has 0 amide bonds. The summed E-state index contributed by atoms with van der Waals surface area (Å²) in [4.78, 5) is 11.6. The molecule has 3 heteroatoms. The molecule has 0 radical (unpaired) electrons. The summed E-state index contributed by atoms with van der Waals surface area (Å²) in [6.45, 7) is 2.16. The smallest absolute Gasteiger partial charge is 0.333 e. The molecule has 4 saturated carbocycles. The van der Waals surface area contributed by atoms with Gasteiger partial charge in [0.15, 0.2) is 6.10 Å². The predicted octanol–water partition coefficient (Wildman–Crippen LogP) is 2.94. The van der Waals surface area contributed by atoms with Crippen LogP contribution in [0.25, 0.3) is 0 Å². The second-order valence-corrected chi connectivity index (χ2v) is 6.72. The Kier molecular flexibility index (Phi) is 2.92. The number of carboxylic acid groups (broad SMARTS) is 1. The first-order valence-corrected chi connectivity index (χ1v) is 7.37. The SMILES string of the molecule is CCC1(C(OC)C(=O)O)C2CC3CC(C2)CC1C3. The van der Waals surface area contributed by atoms with Crippen molar-refractivity contribution in [2.75, 3.05) is 7.11 Å². The predicted molar refractivity (Wildman–Crippen MR) is 68.2 cm³/mol. The molecule has 3 nitrogen and oxygen atoms in total. The quantitative estimate of drug-likeness (QED) is 0.836. The molecule has 0 heterocycles. The maximum atomic E-state index is 11.6. The van der Waals surface area contributed by atoms with Crippen LogP contribution in [0.5, 0.6) is 0 Å². The summed E-state index contributed by atoms with van der Waals surface area (Å²) in [5.74, 6) is 2.16. The number of carboxylic acids is 1. The molecule has 0 aromatic rings. The normalized spacial score (nSPS) is 47.2. The zero-order valence-corrected chi connectivity index (χ0v) is 11.4. The molecule has 1 atom stereocenters. The zero-order valence-electron chi connectivity index (χ0n) is 11.4. The molecular weight excluding hydrogens is 228 g/mol. The van der Waals surface area contributed by atoms with Gasteiger partial charge in [-0.1, -0.05) is 6.92 Å². The summed E-state index contributed by atoms with van der Waals surface area (Å²) in [5.41, 5.74) is -0.0893. The van der Waals surface area contributed by atoms with Crippen molar-refractivity contribution in [1.29, 1.82) is 0 Å². The Hall–Kier alpha value is -0.570.